The van der Waals surface area contributed by atoms with Gasteiger partial charge in [0.25, 0.3) is 17.4 Å². The summed E-state index contributed by atoms with van der Waals surface area (Å²) >= 11 is 0. The van der Waals surface area contributed by atoms with Crippen LogP contribution in [0.15, 0.2) is 40.1 Å². The van der Waals surface area contributed by atoms with E-state index in [1.54, 1.807) is 25.1 Å². The third-order valence-corrected chi connectivity index (χ3v) is 4.72. The number of carbonyl (C=O) groups excluding carboxylic acids is 2. The van der Waals surface area contributed by atoms with E-state index >= 15 is 0 Å². The number of aryl methyl sites for hydroxylation is 1. The highest BCUT2D eigenvalue weighted by Gasteiger charge is 2.24. The van der Waals surface area contributed by atoms with Crippen molar-refractivity contribution in [2.45, 2.75) is 13.0 Å². The summed E-state index contributed by atoms with van der Waals surface area (Å²) in [6.07, 6.45) is 0.701. The summed E-state index contributed by atoms with van der Waals surface area (Å²) in [7, 11) is 2.86. The predicted molar refractivity (Wildman–Crippen MR) is 105 cm³/mol. The first-order valence-corrected chi connectivity index (χ1v) is 8.75. The zero-order valence-electron chi connectivity index (χ0n) is 15.8. The monoisotopic (exact) mass is 395 g/mol. The Morgan fingerprint density at radius 1 is 1.17 bits per heavy atom. The molecule has 0 bridgehead atoms. The lowest BCUT2D eigenvalue weighted by Gasteiger charge is -2.23. The molecule has 0 aliphatic carbocycles. The summed E-state index contributed by atoms with van der Waals surface area (Å²) in [5.41, 5.74) is 0.192. The third kappa shape index (κ3) is 3.04. The summed E-state index contributed by atoms with van der Waals surface area (Å²) < 4.78 is 7.68. The standard InChI is InChI=1S/C19H17N5O5/c1-9-16(25)22-13-7-11(4-5-14(13)29-9)21-17(26)10-6-12-15(20-8-10)23(2)19(28)24(3)18(12)27/h4-9H,1-3H3,(H,21,26)(H,22,25)/t9-/m0/s1. The topological polar surface area (TPSA) is 124 Å². The fraction of sp³-hybridized carbons (Fsp3) is 0.211. The Hall–Kier alpha value is -3.95. The van der Waals surface area contributed by atoms with Gasteiger partial charge in [-0.3, -0.25) is 23.5 Å². The number of pyridine rings is 1. The zero-order valence-corrected chi connectivity index (χ0v) is 15.8. The molecule has 2 aromatic heterocycles. The SMILES string of the molecule is C[C@@H]1Oc2ccc(NC(=O)c3cnc4c(c3)c(=O)n(C)c(=O)n4C)cc2NC1=O. The second-order valence-corrected chi connectivity index (χ2v) is 6.72. The number of aromatic nitrogens is 3. The molecule has 1 aromatic carbocycles. The summed E-state index contributed by atoms with van der Waals surface area (Å²) in [4.78, 5) is 52.9. The van der Waals surface area contributed by atoms with Gasteiger partial charge in [0.2, 0.25) is 0 Å². The normalized spacial score (nSPS) is 15.4. The van der Waals surface area contributed by atoms with E-state index in [1.807, 2.05) is 0 Å². The van der Waals surface area contributed by atoms with Crippen molar-refractivity contribution in [2.24, 2.45) is 14.1 Å². The van der Waals surface area contributed by atoms with Gasteiger partial charge in [0.15, 0.2) is 6.10 Å². The van der Waals surface area contributed by atoms with Crippen LogP contribution >= 0.6 is 0 Å². The van der Waals surface area contributed by atoms with Gasteiger partial charge in [-0.05, 0) is 31.2 Å². The number of ether oxygens (including phenoxy) is 1. The van der Waals surface area contributed by atoms with Crippen LogP contribution in [0.2, 0.25) is 0 Å². The first kappa shape index (κ1) is 18.4. The van der Waals surface area contributed by atoms with Crippen molar-refractivity contribution in [1.29, 1.82) is 0 Å². The van der Waals surface area contributed by atoms with Gasteiger partial charge in [-0.1, -0.05) is 0 Å². The third-order valence-electron chi connectivity index (χ3n) is 4.72. The zero-order chi connectivity index (χ0) is 20.9. The number of benzene rings is 1. The molecule has 29 heavy (non-hydrogen) atoms. The first-order valence-electron chi connectivity index (χ1n) is 8.75. The minimum absolute atomic E-state index is 0.153. The molecule has 2 N–H and O–H groups in total. The Kier molecular flexibility index (Phi) is 4.18. The molecule has 0 unspecified atom stereocenters. The minimum Gasteiger partial charge on any atom is -0.479 e. The summed E-state index contributed by atoms with van der Waals surface area (Å²) in [6.45, 7) is 1.64. The Labute approximate surface area is 163 Å². The van der Waals surface area contributed by atoms with Crippen molar-refractivity contribution >= 4 is 34.2 Å². The average molecular weight is 395 g/mol. The lowest BCUT2D eigenvalue weighted by Crippen LogP contribution is -2.37. The van der Waals surface area contributed by atoms with Gasteiger partial charge < -0.3 is 15.4 Å². The second-order valence-electron chi connectivity index (χ2n) is 6.72. The fourth-order valence-electron chi connectivity index (χ4n) is 3.08. The largest absolute Gasteiger partial charge is 0.479 e. The van der Waals surface area contributed by atoms with E-state index in [1.165, 1.54) is 30.9 Å². The molecule has 0 saturated carbocycles. The molecule has 0 saturated heterocycles. The van der Waals surface area contributed by atoms with Crippen LogP contribution in [0.25, 0.3) is 11.0 Å². The van der Waals surface area contributed by atoms with E-state index in [0.717, 1.165) is 4.57 Å². The van der Waals surface area contributed by atoms with E-state index in [-0.39, 0.29) is 22.5 Å². The summed E-state index contributed by atoms with van der Waals surface area (Å²) in [6, 6.07) is 6.25. The van der Waals surface area contributed by atoms with E-state index in [9.17, 15) is 19.2 Å². The van der Waals surface area contributed by atoms with Crippen LogP contribution in [0.3, 0.4) is 0 Å². The lowest BCUT2D eigenvalue weighted by atomic mass is 10.2. The number of hydrogen-bond donors (Lipinski definition) is 2. The Bertz CT molecular complexity index is 1310. The Morgan fingerprint density at radius 3 is 2.69 bits per heavy atom. The van der Waals surface area contributed by atoms with Gasteiger partial charge in [0.1, 0.15) is 11.4 Å². The van der Waals surface area contributed by atoms with Crippen molar-refractivity contribution in [2.75, 3.05) is 10.6 Å². The maximum atomic E-state index is 12.6. The molecule has 1 atom stereocenters. The van der Waals surface area contributed by atoms with Crippen molar-refractivity contribution in [3.05, 3.63) is 56.9 Å². The lowest BCUT2D eigenvalue weighted by molar-refractivity contribution is -0.122. The van der Waals surface area contributed by atoms with Gasteiger partial charge >= 0.3 is 5.69 Å². The van der Waals surface area contributed by atoms with Crippen LogP contribution in [0, 0.1) is 0 Å². The van der Waals surface area contributed by atoms with Crippen molar-refractivity contribution < 1.29 is 14.3 Å². The maximum Gasteiger partial charge on any atom is 0.332 e. The highest BCUT2D eigenvalue weighted by Crippen LogP contribution is 2.32. The van der Waals surface area contributed by atoms with Crippen LogP contribution in [0.1, 0.15) is 17.3 Å². The molecule has 1 aliphatic rings. The molecule has 3 heterocycles. The molecule has 10 heteroatoms. The summed E-state index contributed by atoms with van der Waals surface area (Å²) in [5, 5.41) is 5.56. The number of amides is 2. The van der Waals surface area contributed by atoms with Gasteiger partial charge in [0, 0.05) is 26.0 Å². The van der Waals surface area contributed by atoms with Gasteiger partial charge in [-0.25, -0.2) is 9.78 Å². The number of hydrogen-bond acceptors (Lipinski definition) is 6. The predicted octanol–water partition coefficient (Wildman–Crippen LogP) is 0.604. The molecule has 148 valence electrons. The first-order chi connectivity index (χ1) is 13.8. The average Bonchev–Trinajstić information content (AvgIpc) is 2.71. The van der Waals surface area contributed by atoms with Crippen LogP contribution in [0.5, 0.6) is 5.75 Å². The number of nitrogens with one attached hydrogen (secondary N) is 2. The molecule has 3 aromatic rings. The van der Waals surface area contributed by atoms with E-state index in [4.69, 9.17) is 4.74 Å². The maximum absolute atomic E-state index is 12.6. The molecule has 2 amide bonds. The molecule has 1 aliphatic heterocycles. The van der Waals surface area contributed by atoms with E-state index in [2.05, 4.69) is 15.6 Å². The number of carbonyl (C=O) groups is 2. The Balaban J connectivity index is 1.67. The fourth-order valence-corrected chi connectivity index (χ4v) is 3.08. The van der Waals surface area contributed by atoms with Crippen molar-refractivity contribution in [3.63, 3.8) is 0 Å². The van der Waals surface area contributed by atoms with E-state index < -0.39 is 23.3 Å². The molecular weight excluding hydrogens is 378 g/mol. The highest BCUT2D eigenvalue weighted by molar-refractivity contribution is 6.06. The van der Waals surface area contributed by atoms with Crippen molar-refractivity contribution in [1.82, 2.24) is 14.1 Å². The Morgan fingerprint density at radius 2 is 1.93 bits per heavy atom. The molecule has 0 fully saturated rings. The molecule has 0 spiro atoms. The van der Waals surface area contributed by atoms with Gasteiger partial charge in [0.05, 0.1) is 16.6 Å². The van der Waals surface area contributed by atoms with E-state index in [0.29, 0.717) is 17.1 Å². The molecule has 10 nitrogen and oxygen atoms in total. The van der Waals surface area contributed by atoms with Crippen LogP contribution in [-0.2, 0) is 18.9 Å². The number of nitrogens with zero attached hydrogens (tertiary/aromatic N) is 3. The second kappa shape index (κ2) is 6.59. The highest BCUT2D eigenvalue weighted by atomic mass is 16.5. The van der Waals surface area contributed by atoms with Crippen molar-refractivity contribution in [3.8, 4) is 5.75 Å². The van der Waals surface area contributed by atoms with Gasteiger partial charge in [-0.2, -0.15) is 0 Å². The minimum atomic E-state index is -0.592. The van der Waals surface area contributed by atoms with Crippen LogP contribution < -0.4 is 26.6 Å². The quantitative estimate of drug-likeness (QED) is 0.655. The number of anilines is 2. The smallest absolute Gasteiger partial charge is 0.332 e. The molecular formula is C19H17N5O5. The number of fused-ring (bicyclic) bond motifs is 2. The molecule has 0 radical (unpaired) electrons. The van der Waals surface area contributed by atoms with Gasteiger partial charge in [-0.15, -0.1) is 0 Å². The van der Waals surface area contributed by atoms with Crippen LogP contribution in [0.4, 0.5) is 11.4 Å². The number of rotatable bonds is 2. The van der Waals surface area contributed by atoms with Crippen LogP contribution in [-0.4, -0.2) is 32.0 Å². The molecule has 4 rings (SSSR count). The summed E-state index contributed by atoms with van der Waals surface area (Å²) in [5.74, 6) is -0.264.